The number of benzene rings is 1. The van der Waals surface area contributed by atoms with Crippen molar-refractivity contribution in [3.05, 3.63) is 49.6 Å². The van der Waals surface area contributed by atoms with Gasteiger partial charge in [0.1, 0.15) is 0 Å². The van der Waals surface area contributed by atoms with Gasteiger partial charge in [0.05, 0.1) is 11.9 Å². The molecule has 21 heavy (non-hydrogen) atoms. The van der Waals surface area contributed by atoms with Crippen LogP contribution in [0.5, 0.6) is 0 Å². The van der Waals surface area contributed by atoms with E-state index in [1.165, 1.54) is 0 Å². The van der Waals surface area contributed by atoms with Crippen molar-refractivity contribution in [3.8, 4) is 0 Å². The van der Waals surface area contributed by atoms with Gasteiger partial charge in [0.25, 0.3) is 11.8 Å². The second kappa shape index (κ2) is 8.01. The van der Waals surface area contributed by atoms with Crippen LogP contribution in [0.25, 0.3) is 0 Å². The fraction of sp³-hybridized carbons (Fsp3) is 0.250. The van der Waals surface area contributed by atoms with Crippen LogP contribution in [-0.4, -0.2) is 25.0 Å². The maximum absolute atomic E-state index is 11.9. The topological polar surface area (TPSA) is 61.4 Å². The zero-order valence-corrected chi connectivity index (χ0v) is 12.4. The first-order chi connectivity index (χ1) is 10.1. The summed E-state index contributed by atoms with van der Waals surface area (Å²) in [4.78, 5) is 24.8. The molecule has 0 aliphatic carbocycles. The van der Waals surface area contributed by atoms with Crippen LogP contribution in [0.1, 0.15) is 13.3 Å². The quantitative estimate of drug-likeness (QED) is 0.596. The highest BCUT2D eigenvalue weighted by Crippen LogP contribution is 2.21. The fourth-order valence-corrected chi connectivity index (χ4v) is 1.86. The van der Waals surface area contributed by atoms with Gasteiger partial charge in [-0.3, -0.25) is 9.59 Å². The van der Waals surface area contributed by atoms with Gasteiger partial charge in [-0.1, -0.05) is 26.1 Å². The van der Waals surface area contributed by atoms with Crippen molar-refractivity contribution < 1.29 is 9.59 Å². The van der Waals surface area contributed by atoms with Gasteiger partial charge in [-0.05, 0) is 43.8 Å². The third-order valence-electron chi connectivity index (χ3n) is 2.99. The molecule has 0 saturated carbocycles. The van der Waals surface area contributed by atoms with Gasteiger partial charge in [0.15, 0.2) is 0 Å². The molecule has 0 saturated heterocycles. The predicted octanol–water partition coefficient (Wildman–Crippen LogP) is 2.29. The van der Waals surface area contributed by atoms with E-state index in [9.17, 15) is 9.59 Å². The Morgan fingerprint density at radius 2 is 1.90 bits per heavy atom. The smallest absolute Gasteiger partial charge is 0.257 e. The van der Waals surface area contributed by atoms with Gasteiger partial charge < -0.3 is 10.6 Å². The average molecular weight is 287 g/mol. The Balaban J connectivity index is 3.10. The number of nitrogens with zero attached hydrogens (tertiary/aromatic N) is 1. The molecule has 0 bridgehead atoms. The highest BCUT2D eigenvalue weighted by Gasteiger charge is 2.19. The van der Waals surface area contributed by atoms with E-state index in [1.807, 2.05) is 20.0 Å². The largest absolute Gasteiger partial charge is 0.370 e. The summed E-state index contributed by atoms with van der Waals surface area (Å²) in [6, 6.07) is 7.08. The lowest BCUT2D eigenvalue weighted by Gasteiger charge is -2.21. The van der Waals surface area contributed by atoms with E-state index in [4.69, 9.17) is 0 Å². The fourth-order valence-electron chi connectivity index (χ4n) is 1.86. The number of hydrogen-bond donors (Lipinski definition) is 2. The van der Waals surface area contributed by atoms with E-state index in [1.54, 1.807) is 18.2 Å². The number of amides is 2. The summed E-state index contributed by atoms with van der Waals surface area (Å²) >= 11 is 0. The Morgan fingerprint density at radius 3 is 2.38 bits per heavy atom. The molecule has 1 unspecified atom stereocenters. The molecule has 1 atom stereocenters. The minimum Gasteiger partial charge on any atom is -0.370 e. The molecule has 2 amide bonds. The van der Waals surface area contributed by atoms with Crippen molar-refractivity contribution in [2.24, 2.45) is 0 Å². The Bertz CT molecular complexity index is 516. The van der Waals surface area contributed by atoms with Gasteiger partial charge in [-0.2, -0.15) is 0 Å². The van der Waals surface area contributed by atoms with Gasteiger partial charge in [0, 0.05) is 5.69 Å². The molecule has 0 aliphatic rings. The van der Waals surface area contributed by atoms with E-state index in [0.29, 0.717) is 5.69 Å². The van der Waals surface area contributed by atoms with Crippen LogP contribution in [0.2, 0.25) is 0 Å². The van der Waals surface area contributed by atoms with Crippen LogP contribution in [0.3, 0.4) is 0 Å². The van der Waals surface area contributed by atoms with Crippen LogP contribution < -0.4 is 15.5 Å². The summed E-state index contributed by atoms with van der Waals surface area (Å²) in [5.41, 5.74) is 1.29. The molecule has 1 aromatic rings. The van der Waals surface area contributed by atoms with E-state index >= 15 is 0 Å². The summed E-state index contributed by atoms with van der Waals surface area (Å²) in [6.45, 7) is 8.88. The third-order valence-corrected chi connectivity index (χ3v) is 2.99. The zero-order chi connectivity index (χ0) is 15.8. The molecule has 5 heteroatoms. The molecule has 1 aromatic carbocycles. The predicted molar refractivity (Wildman–Crippen MR) is 86.1 cm³/mol. The first-order valence-electron chi connectivity index (χ1n) is 6.74. The summed E-state index contributed by atoms with van der Waals surface area (Å²) in [5, 5.41) is 6.40. The number of rotatable bonds is 7. The van der Waals surface area contributed by atoms with E-state index in [2.05, 4.69) is 23.8 Å². The van der Waals surface area contributed by atoms with Gasteiger partial charge in [0.2, 0.25) is 0 Å². The van der Waals surface area contributed by atoms with Crippen molar-refractivity contribution in [1.82, 2.24) is 5.32 Å². The molecular weight excluding hydrogens is 266 g/mol. The Morgan fingerprint density at radius 1 is 1.29 bits per heavy atom. The first-order valence-corrected chi connectivity index (χ1v) is 6.74. The van der Waals surface area contributed by atoms with Gasteiger partial charge in [-0.25, -0.2) is 4.90 Å². The van der Waals surface area contributed by atoms with Crippen LogP contribution in [0, 0.1) is 0 Å². The van der Waals surface area contributed by atoms with Crippen LogP contribution in [-0.2, 0) is 9.59 Å². The molecule has 0 aliphatic heterocycles. The van der Waals surface area contributed by atoms with Crippen LogP contribution in [0.15, 0.2) is 49.6 Å². The zero-order valence-electron chi connectivity index (χ0n) is 12.4. The molecule has 0 heterocycles. The van der Waals surface area contributed by atoms with Crippen molar-refractivity contribution in [1.29, 1.82) is 0 Å². The summed E-state index contributed by atoms with van der Waals surface area (Å²) in [6.07, 6.45) is 3.20. The average Bonchev–Trinajstić information content (AvgIpc) is 2.52. The number of carbonyl (C=O) groups excluding carboxylic acids is 2. The molecule has 0 fully saturated rings. The SMILES string of the molecule is C=CC(=O)N(C(=O)C=C)c1cccc(NC(CC)NC)c1. The van der Waals surface area contributed by atoms with E-state index in [0.717, 1.165) is 29.2 Å². The first kappa shape index (κ1) is 16.7. The lowest BCUT2D eigenvalue weighted by Crippen LogP contribution is -2.35. The Kier molecular flexibility index (Phi) is 6.36. The van der Waals surface area contributed by atoms with Crippen molar-refractivity contribution >= 4 is 23.2 Å². The number of imide groups is 1. The normalized spacial score (nSPS) is 11.3. The van der Waals surface area contributed by atoms with Crippen LogP contribution in [0.4, 0.5) is 11.4 Å². The second-order valence-corrected chi connectivity index (χ2v) is 4.36. The third kappa shape index (κ3) is 4.29. The molecule has 5 nitrogen and oxygen atoms in total. The van der Waals surface area contributed by atoms with Crippen molar-refractivity contribution in [2.45, 2.75) is 19.5 Å². The molecule has 112 valence electrons. The maximum atomic E-state index is 11.9. The van der Waals surface area contributed by atoms with Crippen molar-refractivity contribution in [2.75, 3.05) is 17.3 Å². The number of anilines is 2. The molecule has 1 rings (SSSR count). The minimum atomic E-state index is -0.488. The maximum Gasteiger partial charge on any atom is 0.257 e. The number of nitrogens with one attached hydrogen (secondary N) is 2. The highest BCUT2D eigenvalue weighted by atomic mass is 16.2. The number of carbonyl (C=O) groups is 2. The standard InChI is InChI=1S/C16H21N3O2/c1-5-14(17-4)18-12-9-8-10-13(11-12)19(15(20)6-2)16(21)7-3/h6-11,14,17-18H,2-3,5H2,1,4H3. The molecular formula is C16H21N3O2. The highest BCUT2D eigenvalue weighted by molar-refractivity contribution is 6.21. The van der Waals surface area contributed by atoms with Crippen molar-refractivity contribution in [3.63, 3.8) is 0 Å². The van der Waals surface area contributed by atoms with E-state index in [-0.39, 0.29) is 6.17 Å². The molecule has 2 N–H and O–H groups in total. The Labute approximate surface area is 125 Å². The van der Waals surface area contributed by atoms with Crippen LogP contribution >= 0.6 is 0 Å². The van der Waals surface area contributed by atoms with E-state index < -0.39 is 11.8 Å². The lowest BCUT2D eigenvalue weighted by molar-refractivity contribution is -0.121. The Hall–Kier alpha value is -2.40. The molecule has 0 radical (unpaired) electrons. The summed E-state index contributed by atoms with van der Waals surface area (Å²) in [5.74, 6) is -0.976. The second-order valence-electron chi connectivity index (χ2n) is 4.36. The number of hydrogen-bond acceptors (Lipinski definition) is 4. The lowest BCUT2D eigenvalue weighted by atomic mass is 10.2. The minimum absolute atomic E-state index is 0.110. The van der Waals surface area contributed by atoms with Gasteiger partial charge >= 0.3 is 0 Å². The molecule has 0 spiro atoms. The monoisotopic (exact) mass is 287 g/mol. The van der Waals surface area contributed by atoms with Gasteiger partial charge in [-0.15, -0.1) is 0 Å². The summed E-state index contributed by atoms with van der Waals surface area (Å²) < 4.78 is 0. The molecule has 0 aromatic heterocycles. The summed E-state index contributed by atoms with van der Waals surface area (Å²) in [7, 11) is 1.86.